The molecule has 2 heterocycles. The predicted octanol–water partition coefficient (Wildman–Crippen LogP) is 3.66. The summed E-state index contributed by atoms with van der Waals surface area (Å²) in [5, 5.41) is 3.40. The Morgan fingerprint density at radius 2 is 2.00 bits per heavy atom. The minimum Gasteiger partial charge on any atom is -0.378 e. The SMILES string of the molecule is CCNC(=NCc1ncc(-c2ccccc2)[nH]1)N1CCC(OCC)CC1.I. The van der Waals surface area contributed by atoms with Gasteiger partial charge in [-0.1, -0.05) is 30.3 Å². The zero-order valence-corrected chi connectivity index (χ0v) is 18.5. The number of H-pyrrole nitrogens is 1. The van der Waals surface area contributed by atoms with Crippen molar-refractivity contribution in [3.8, 4) is 11.3 Å². The second-order valence-corrected chi connectivity index (χ2v) is 6.42. The number of ether oxygens (including phenoxy) is 1. The van der Waals surface area contributed by atoms with Crippen LogP contribution in [-0.4, -0.2) is 53.2 Å². The van der Waals surface area contributed by atoms with Crippen molar-refractivity contribution in [1.29, 1.82) is 0 Å². The molecule has 1 aromatic carbocycles. The number of imidazole rings is 1. The Kier molecular flexibility index (Phi) is 9.06. The van der Waals surface area contributed by atoms with E-state index in [1.54, 1.807) is 0 Å². The summed E-state index contributed by atoms with van der Waals surface area (Å²) < 4.78 is 5.74. The van der Waals surface area contributed by atoms with Crippen LogP contribution in [0.3, 0.4) is 0 Å². The lowest BCUT2D eigenvalue weighted by Gasteiger charge is -2.34. The third kappa shape index (κ3) is 6.21. The summed E-state index contributed by atoms with van der Waals surface area (Å²) in [5.41, 5.74) is 2.17. The number of aromatic amines is 1. The average Bonchev–Trinajstić information content (AvgIpc) is 3.16. The first-order valence-electron chi connectivity index (χ1n) is 9.54. The fraction of sp³-hybridized carbons (Fsp3) is 0.500. The van der Waals surface area contributed by atoms with Crippen LogP contribution in [0.5, 0.6) is 0 Å². The maximum atomic E-state index is 5.74. The van der Waals surface area contributed by atoms with Gasteiger partial charge in [0.1, 0.15) is 12.4 Å². The lowest BCUT2D eigenvalue weighted by molar-refractivity contribution is 0.0263. The minimum absolute atomic E-state index is 0. The van der Waals surface area contributed by atoms with E-state index in [2.05, 4.69) is 46.2 Å². The molecule has 1 aromatic heterocycles. The van der Waals surface area contributed by atoms with E-state index < -0.39 is 0 Å². The molecular formula is C20H30IN5O. The number of nitrogens with one attached hydrogen (secondary N) is 2. The molecule has 1 aliphatic rings. The van der Waals surface area contributed by atoms with Gasteiger partial charge < -0.3 is 19.9 Å². The highest BCUT2D eigenvalue weighted by atomic mass is 127. The molecule has 1 saturated heterocycles. The fourth-order valence-corrected chi connectivity index (χ4v) is 3.25. The number of hydrogen-bond donors (Lipinski definition) is 2. The number of nitrogens with zero attached hydrogens (tertiary/aromatic N) is 3. The molecule has 0 spiro atoms. The number of aliphatic imine (C=N–C) groups is 1. The molecular weight excluding hydrogens is 453 g/mol. The number of rotatable bonds is 6. The standard InChI is InChI=1S/C20H29N5O.HI/c1-3-21-20(25-12-10-17(11-13-25)26-4-2)23-15-19-22-14-18(24-19)16-8-6-5-7-9-16;/h5-9,14,17H,3-4,10-13,15H2,1-2H3,(H,21,23)(H,22,24);1H. The molecule has 0 amide bonds. The molecule has 6 nitrogen and oxygen atoms in total. The second-order valence-electron chi connectivity index (χ2n) is 6.42. The van der Waals surface area contributed by atoms with Gasteiger partial charge in [0.15, 0.2) is 5.96 Å². The molecule has 3 rings (SSSR count). The molecule has 148 valence electrons. The number of hydrogen-bond acceptors (Lipinski definition) is 3. The fourth-order valence-electron chi connectivity index (χ4n) is 3.25. The maximum Gasteiger partial charge on any atom is 0.194 e. The summed E-state index contributed by atoms with van der Waals surface area (Å²) in [5.74, 6) is 1.84. The smallest absolute Gasteiger partial charge is 0.194 e. The highest BCUT2D eigenvalue weighted by molar-refractivity contribution is 14.0. The lowest BCUT2D eigenvalue weighted by Crippen LogP contribution is -2.47. The summed E-state index contributed by atoms with van der Waals surface area (Å²) in [4.78, 5) is 14.9. The first-order valence-corrected chi connectivity index (χ1v) is 9.54. The van der Waals surface area contributed by atoms with Crippen LogP contribution in [0, 0.1) is 0 Å². The first kappa shape index (κ1) is 21.7. The lowest BCUT2D eigenvalue weighted by atomic mass is 10.1. The summed E-state index contributed by atoms with van der Waals surface area (Å²) in [6.07, 6.45) is 4.37. The quantitative estimate of drug-likeness (QED) is 0.374. The van der Waals surface area contributed by atoms with Gasteiger partial charge in [-0.05, 0) is 32.3 Å². The Labute approximate surface area is 178 Å². The van der Waals surface area contributed by atoms with Crippen molar-refractivity contribution >= 4 is 29.9 Å². The second kappa shape index (κ2) is 11.3. The molecule has 2 N–H and O–H groups in total. The Bertz CT molecular complexity index is 695. The van der Waals surface area contributed by atoms with E-state index in [9.17, 15) is 0 Å². The first-order chi connectivity index (χ1) is 12.8. The third-order valence-corrected chi connectivity index (χ3v) is 4.57. The zero-order chi connectivity index (χ0) is 18.2. The Morgan fingerprint density at radius 3 is 2.67 bits per heavy atom. The topological polar surface area (TPSA) is 65.5 Å². The molecule has 27 heavy (non-hydrogen) atoms. The number of guanidine groups is 1. The van der Waals surface area contributed by atoms with E-state index in [4.69, 9.17) is 9.73 Å². The van der Waals surface area contributed by atoms with E-state index in [0.29, 0.717) is 12.6 Å². The van der Waals surface area contributed by atoms with Gasteiger partial charge in [-0.25, -0.2) is 9.98 Å². The van der Waals surface area contributed by atoms with Crippen molar-refractivity contribution in [2.45, 2.75) is 39.3 Å². The largest absolute Gasteiger partial charge is 0.378 e. The van der Waals surface area contributed by atoms with Gasteiger partial charge in [0.25, 0.3) is 0 Å². The predicted molar refractivity (Wildman–Crippen MR) is 120 cm³/mol. The van der Waals surface area contributed by atoms with Crippen LogP contribution < -0.4 is 5.32 Å². The average molecular weight is 483 g/mol. The Balaban J connectivity index is 0.00000261. The highest BCUT2D eigenvalue weighted by Crippen LogP contribution is 2.17. The summed E-state index contributed by atoms with van der Waals surface area (Å²) in [6.45, 7) is 8.31. The summed E-state index contributed by atoms with van der Waals surface area (Å²) in [6, 6.07) is 10.2. The third-order valence-electron chi connectivity index (χ3n) is 4.57. The molecule has 0 aliphatic carbocycles. The van der Waals surface area contributed by atoms with Crippen molar-refractivity contribution in [1.82, 2.24) is 20.2 Å². The molecule has 0 unspecified atom stereocenters. The number of piperidine rings is 1. The van der Waals surface area contributed by atoms with Gasteiger partial charge in [0.2, 0.25) is 0 Å². The molecule has 1 aliphatic heterocycles. The van der Waals surface area contributed by atoms with E-state index in [-0.39, 0.29) is 24.0 Å². The van der Waals surface area contributed by atoms with Gasteiger partial charge in [-0.15, -0.1) is 24.0 Å². The van der Waals surface area contributed by atoms with E-state index in [1.807, 2.05) is 24.4 Å². The highest BCUT2D eigenvalue weighted by Gasteiger charge is 2.21. The molecule has 0 atom stereocenters. The molecule has 0 saturated carbocycles. The van der Waals surface area contributed by atoms with Crippen LogP contribution in [0.1, 0.15) is 32.5 Å². The molecule has 0 radical (unpaired) electrons. The van der Waals surface area contributed by atoms with Crippen molar-refractivity contribution in [2.75, 3.05) is 26.2 Å². The van der Waals surface area contributed by atoms with Crippen LogP contribution >= 0.6 is 24.0 Å². The maximum absolute atomic E-state index is 5.74. The Hall–Kier alpha value is -1.61. The van der Waals surface area contributed by atoms with Crippen LogP contribution in [0.25, 0.3) is 11.3 Å². The van der Waals surface area contributed by atoms with Crippen molar-refractivity contribution in [2.24, 2.45) is 4.99 Å². The van der Waals surface area contributed by atoms with E-state index >= 15 is 0 Å². The normalized spacial score (nSPS) is 15.5. The molecule has 0 bridgehead atoms. The monoisotopic (exact) mass is 483 g/mol. The number of aromatic nitrogens is 2. The van der Waals surface area contributed by atoms with Crippen molar-refractivity contribution < 1.29 is 4.74 Å². The van der Waals surface area contributed by atoms with Crippen molar-refractivity contribution in [3.05, 3.63) is 42.4 Å². The molecule has 1 fully saturated rings. The van der Waals surface area contributed by atoms with Crippen molar-refractivity contribution in [3.63, 3.8) is 0 Å². The zero-order valence-electron chi connectivity index (χ0n) is 16.1. The van der Waals surface area contributed by atoms with Gasteiger partial charge in [0, 0.05) is 26.2 Å². The van der Waals surface area contributed by atoms with E-state index in [1.165, 1.54) is 0 Å². The van der Waals surface area contributed by atoms with Crippen LogP contribution in [-0.2, 0) is 11.3 Å². The summed E-state index contributed by atoms with van der Waals surface area (Å²) >= 11 is 0. The molecule has 2 aromatic rings. The van der Waals surface area contributed by atoms with Gasteiger partial charge in [-0.2, -0.15) is 0 Å². The number of benzene rings is 1. The minimum atomic E-state index is 0. The van der Waals surface area contributed by atoms with Crippen LogP contribution in [0.2, 0.25) is 0 Å². The van der Waals surface area contributed by atoms with Gasteiger partial charge in [-0.3, -0.25) is 0 Å². The number of halogens is 1. The summed E-state index contributed by atoms with van der Waals surface area (Å²) in [7, 11) is 0. The van der Waals surface area contributed by atoms with Crippen LogP contribution in [0.15, 0.2) is 41.5 Å². The van der Waals surface area contributed by atoms with Gasteiger partial charge >= 0.3 is 0 Å². The van der Waals surface area contributed by atoms with E-state index in [0.717, 1.165) is 62.1 Å². The van der Waals surface area contributed by atoms with Crippen LogP contribution in [0.4, 0.5) is 0 Å². The number of likely N-dealkylation sites (tertiary alicyclic amines) is 1. The van der Waals surface area contributed by atoms with Gasteiger partial charge in [0.05, 0.1) is 18.0 Å². The molecule has 7 heteroatoms. The Morgan fingerprint density at radius 1 is 1.26 bits per heavy atom.